The minimum Gasteiger partial charge on any atom is -0.480 e. The van der Waals surface area contributed by atoms with E-state index in [4.69, 9.17) is 4.74 Å². The third-order valence-electron chi connectivity index (χ3n) is 7.59. The van der Waals surface area contributed by atoms with Crippen molar-refractivity contribution >= 4 is 29.8 Å². The molecule has 0 radical (unpaired) electrons. The summed E-state index contributed by atoms with van der Waals surface area (Å²) in [5.74, 6) is -3.47. The number of ether oxygens (including phenoxy) is 1. The Morgan fingerprint density at radius 1 is 0.583 bits per heavy atom. The molecule has 0 fully saturated rings. The van der Waals surface area contributed by atoms with E-state index < -0.39 is 54.0 Å². The van der Waals surface area contributed by atoms with E-state index >= 15 is 0 Å². The lowest BCUT2D eigenvalue weighted by atomic mass is 9.99. The van der Waals surface area contributed by atoms with Gasteiger partial charge in [-0.15, -0.1) is 0 Å². The smallest absolute Gasteiger partial charge is 0.408 e. The lowest BCUT2D eigenvalue weighted by Crippen LogP contribution is -2.59. The lowest BCUT2D eigenvalue weighted by Gasteiger charge is -2.27. The quantitative estimate of drug-likeness (QED) is 0.146. The first kappa shape index (κ1) is 37.3. The Morgan fingerprint density at radius 3 is 1.44 bits per heavy atom. The molecule has 0 bridgehead atoms. The largest absolute Gasteiger partial charge is 0.480 e. The number of alkyl carbamates (subject to hydrolysis) is 1. The first-order valence-corrected chi connectivity index (χ1v) is 16.1. The molecule has 3 aromatic rings. The second-order valence-electron chi connectivity index (χ2n) is 12.5. The summed E-state index contributed by atoms with van der Waals surface area (Å²) in [6.07, 6.45) is -0.351. The van der Waals surface area contributed by atoms with Gasteiger partial charge in [0, 0.05) is 12.8 Å². The Labute approximate surface area is 281 Å². The highest BCUT2D eigenvalue weighted by molar-refractivity contribution is 5.95. The number of hydrogen-bond donors (Lipinski definition) is 5. The standard InChI is InChI=1S/C37H46N4O7/c1-24(2)20-29(35(44)41-32(25(3)4)36(45)46)38-33(42)30(21-26-14-8-5-9-15-26)39-34(43)31(22-27-16-10-6-11-17-27)40-37(47)48-23-28-18-12-7-13-19-28/h5-19,24-25,29-32H,20-23H2,1-4H3,(H,38,42)(H,39,43)(H,40,47)(H,41,44)(H,45,46)/t29-,30-,31-,32-/m0/s1. The molecule has 11 heteroatoms. The van der Waals surface area contributed by atoms with Gasteiger partial charge in [-0.05, 0) is 34.9 Å². The van der Waals surface area contributed by atoms with Gasteiger partial charge in [-0.25, -0.2) is 9.59 Å². The topological polar surface area (TPSA) is 163 Å². The Bertz CT molecular complexity index is 1480. The number of rotatable bonds is 17. The van der Waals surface area contributed by atoms with E-state index in [-0.39, 0.29) is 37.7 Å². The third-order valence-corrected chi connectivity index (χ3v) is 7.59. The number of carbonyl (C=O) groups excluding carboxylic acids is 4. The van der Waals surface area contributed by atoms with Gasteiger partial charge in [0.1, 0.15) is 30.8 Å². The van der Waals surface area contributed by atoms with Gasteiger partial charge in [0.2, 0.25) is 17.7 Å². The average Bonchev–Trinajstić information content (AvgIpc) is 3.06. The average molecular weight is 659 g/mol. The Morgan fingerprint density at radius 2 is 1.00 bits per heavy atom. The van der Waals surface area contributed by atoms with E-state index in [0.29, 0.717) is 0 Å². The summed E-state index contributed by atoms with van der Waals surface area (Å²) in [7, 11) is 0. The minimum atomic E-state index is -1.18. The normalized spacial score (nSPS) is 13.5. The van der Waals surface area contributed by atoms with Gasteiger partial charge < -0.3 is 31.1 Å². The molecule has 256 valence electrons. The predicted molar refractivity (Wildman–Crippen MR) is 182 cm³/mol. The van der Waals surface area contributed by atoms with Gasteiger partial charge in [0.25, 0.3) is 0 Å². The molecule has 11 nitrogen and oxygen atoms in total. The van der Waals surface area contributed by atoms with Crippen LogP contribution in [0.25, 0.3) is 0 Å². The molecular formula is C37H46N4O7. The number of carboxylic acids is 1. The number of hydrogen-bond acceptors (Lipinski definition) is 6. The molecule has 3 aromatic carbocycles. The summed E-state index contributed by atoms with van der Waals surface area (Å²) in [5, 5.41) is 20.4. The van der Waals surface area contributed by atoms with Crippen molar-refractivity contribution in [2.24, 2.45) is 11.8 Å². The summed E-state index contributed by atoms with van der Waals surface area (Å²) in [5.41, 5.74) is 2.31. The number of carbonyl (C=O) groups is 5. The maximum atomic E-state index is 13.9. The van der Waals surface area contributed by atoms with E-state index in [1.165, 1.54) is 0 Å². The van der Waals surface area contributed by atoms with Gasteiger partial charge in [0.05, 0.1) is 0 Å². The molecule has 0 saturated carbocycles. The van der Waals surface area contributed by atoms with Gasteiger partial charge in [-0.1, -0.05) is 119 Å². The molecule has 0 aromatic heterocycles. The molecule has 3 rings (SSSR count). The zero-order valence-electron chi connectivity index (χ0n) is 27.8. The highest BCUT2D eigenvalue weighted by atomic mass is 16.5. The molecule has 0 unspecified atom stereocenters. The van der Waals surface area contributed by atoms with Crippen LogP contribution in [0.3, 0.4) is 0 Å². The van der Waals surface area contributed by atoms with Crippen molar-refractivity contribution in [3.05, 3.63) is 108 Å². The molecule has 0 aliphatic heterocycles. The highest BCUT2D eigenvalue weighted by Gasteiger charge is 2.32. The number of carboxylic acid groups (broad SMARTS) is 1. The SMILES string of the molecule is CC(C)C[C@H](NC(=O)[C@H](Cc1ccccc1)NC(=O)[C@H](Cc1ccccc1)NC(=O)OCc1ccccc1)C(=O)N[C@H](C(=O)O)C(C)C. The van der Waals surface area contributed by atoms with Crippen LogP contribution < -0.4 is 21.3 Å². The molecule has 5 N–H and O–H groups in total. The molecule has 0 aliphatic carbocycles. The van der Waals surface area contributed by atoms with E-state index in [2.05, 4.69) is 21.3 Å². The Kier molecular flexibility index (Phi) is 14.6. The van der Waals surface area contributed by atoms with Crippen LogP contribution in [0.2, 0.25) is 0 Å². The fourth-order valence-electron chi connectivity index (χ4n) is 5.04. The summed E-state index contributed by atoms with van der Waals surface area (Å²) in [6, 6.07) is 22.9. The van der Waals surface area contributed by atoms with Crippen LogP contribution in [-0.4, -0.2) is 59.1 Å². The first-order valence-electron chi connectivity index (χ1n) is 16.1. The second-order valence-corrected chi connectivity index (χ2v) is 12.5. The fourth-order valence-corrected chi connectivity index (χ4v) is 5.04. The first-order chi connectivity index (χ1) is 22.9. The summed E-state index contributed by atoms with van der Waals surface area (Å²) in [4.78, 5) is 65.6. The molecule has 4 atom stereocenters. The van der Waals surface area contributed by atoms with Gasteiger partial charge >= 0.3 is 12.1 Å². The zero-order valence-corrected chi connectivity index (χ0v) is 27.8. The van der Waals surface area contributed by atoms with Crippen molar-refractivity contribution in [1.82, 2.24) is 21.3 Å². The van der Waals surface area contributed by atoms with E-state index in [1.54, 1.807) is 13.8 Å². The highest BCUT2D eigenvalue weighted by Crippen LogP contribution is 2.11. The van der Waals surface area contributed by atoms with Crippen molar-refractivity contribution in [2.75, 3.05) is 0 Å². The maximum Gasteiger partial charge on any atom is 0.408 e. The lowest BCUT2D eigenvalue weighted by molar-refractivity contribution is -0.143. The van der Waals surface area contributed by atoms with Crippen molar-refractivity contribution in [2.45, 2.75) is 77.7 Å². The van der Waals surface area contributed by atoms with Crippen molar-refractivity contribution in [1.29, 1.82) is 0 Å². The van der Waals surface area contributed by atoms with E-state index in [9.17, 15) is 29.1 Å². The van der Waals surface area contributed by atoms with Crippen LogP contribution in [0.5, 0.6) is 0 Å². The van der Waals surface area contributed by atoms with Crippen LogP contribution in [0.1, 0.15) is 50.8 Å². The predicted octanol–water partition coefficient (Wildman–Crippen LogP) is 4.01. The van der Waals surface area contributed by atoms with Gasteiger partial charge in [-0.3, -0.25) is 14.4 Å². The van der Waals surface area contributed by atoms with Crippen LogP contribution >= 0.6 is 0 Å². The second kappa shape index (κ2) is 18.8. The van der Waals surface area contributed by atoms with Crippen LogP contribution in [0.15, 0.2) is 91.0 Å². The molecule has 4 amide bonds. The molecule has 48 heavy (non-hydrogen) atoms. The van der Waals surface area contributed by atoms with Crippen molar-refractivity contribution in [3.8, 4) is 0 Å². The molecule has 0 spiro atoms. The fraction of sp³-hybridized carbons (Fsp3) is 0.378. The number of benzene rings is 3. The zero-order chi connectivity index (χ0) is 35.1. The van der Waals surface area contributed by atoms with Crippen LogP contribution in [0, 0.1) is 11.8 Å². The molecular weight excluding hydrogens is 612 g/mol. The Balaban J connectivity index is 1.83. The van der Waals surface area contributed by atoms with Crippen LogP contribution in [0.4, 0.5) is 4.79 Å². The molecule has 0 aliphatic rings. The number of aliphatic carboxylic acids is 1. The summed E-state index contributed by atoms with van der Waals surface area (Å²) < 4.78 is 5.38. The van der Waals surface area contributed by atoms with E-state index in [0.717, 1.165) is 16.7 Å². The summed E-state index contributed by atoms with van der Waals surface area (Å²) in [6.45, 7) is 7.12. The van der Waals surface area contributed by atoms with Crippen molar-refractivity contribution in [3.63, 3.8) is 0 Å². The van der Waals surface area contributed by atoms with Gasteiger partial charge in [0.15, 0.2) is 0 Å². The van der Waals surface area contributed by atoms with Gasteiger partial charge in [-0.2, -0.15) is 0 Å². The Hall–Kier alpha value is -5.19. The van der Waals surface area contributed by atoms with E-state index in [1.807, 2.05) is 105 Å². The van der Waals surface area contributed by atoms with Crippen LogP contribution in [-0.2, 0) is 43.4 Å². The summed E-state index contributed by atoms with van der Waals surface area (Å²) >= 11 is 0. The molecule has 0 saturated heterocycles. The van der Waals surface area contributed by atoms with Crippen molar-refractivity contribution < 1.29 is 33.8 Å². The number of amides is 4. The maximum absolute atomic E-state index is 13.9. The third kappa shape index (κ3) is 12.5. The minimum absolute atomic E-state index is 0.00420. The molecule has 0 heterocycles. The number of nitrogens with one attached hydrogen (secondary N) is 4. The monoisotopic (exact) mass is 658 g/mol.